The van der Waals surface area contributed by atoms with Crippen LogP contribution in [0.4, 0.5) is 13.2 Å². The van der Waals surface area contributed by atoms with E-state index < -0.39 is 17.2 Å². The minimum Gasteiger partial charge on any atom is -0.395 e. The van der Waals surface area contributed by atoms with Crippen LogP contribution < -0.4 is 0 Å². The Bertz CT molecular complexity index is 929. The molecule has 2 aliphatic rings. The smallest absolute Gasteiger partial charge is 0.395 e. The number of amides is 1. The van der Waals surface area contributed by atoms with E-state index in [4.69, 9.17) is 4.52 Å². The molecular formula is C23H27F3N2O4. The van der Waals surface area contributed by atoms with Crippen molar-refractivity contribution < 1.29 is 32.7 Å². The van der Waals surface area contributed by atoms with Crippen LogP contribution in [0.2, 0.25) is 0 Å². The fraction of sp³-hybridized carbons (Fsp3) is 0.565. The van der Waals surface area contributed by atoms with Crippen molar-refractivity contribution in [1.82, 2.24) is 10.1 Å². The highest BCUT2D eigenvalue weighted by Crippen LogP contribution is 2.43. The highest BCUT2D eigenvalue weighted by Gasteiger charge is 2.51. The molecule has 9 heteroatoms. The molecule has 1 atom stereocenters. The predicted octanol–water partition coefficient (Wildman–Crippen LogP) is 3.92. The minimum absolute atomic E-state index is 0.0143. The first kappa shape index (κ1) is 22.8. The molecule has 2 fully saturated rings. The van der Waals surface area contributed by atoms with E-state index in [1.54, 1.807) is 6.07 Å². The zero-order valence-corrected chi connectivity index (χ0v) is 17.8. The summed E-state index contributed by atoms with van der Waals surface area (Å²) in [6, 6.07) is 6.89. The van der Waals surface area contributed by atoms with Gasteiger partial charge in [0.15, 0.2) is 5.60 Å². The lowest BCUT2D eigenvalue weighted by molar-refractivity contribution is -0.258. The van der Waals surface area contributed by atoms with Gasteiger partial charge < -0.3 is 19.6 Å². The number of carbonyl (C=O) groups excluding carboxylic acids is 1. The zero-order chi connectivity index (χ0) is 23.1. The highest BCUT2D eigenvalue weighted by molar-refractivity contribution is 5.95. The van der Waals surface area contributed by atoms with Gasteiger partial charge >= 0.3 is 6.18 Å². The molecule has 1 heterocycles. The molecule has 1 aromatic heterocycles. The van der Waals surface area contributed by atoms with E-state index in [1.165, 1.54) is 18.4 Å². The number of hydrogen-bond acceptors (Lipinski definition) is 5. The van der Waals surface area contributed by atoms with E-state index in [2.05, 4.69) is 5.16 Å². The lowest BCUT2D eigenvalue weighted by Crippen LogP contribution is -2.47. The van der Waals surface area contributed by atoms with Crippen LogP contribution in [0.5, 0.6) is 0 Å². The van der Waals surface area contributed by atoms with Crippen molar-refractivity contribution in [3.05, 3.63) is 53.4 Å². The molecule has 32 heavy (non-hydrogen) atoms. The molecule has 0 unspecified atom stereocenters. The molecule has 2 N–H and O–H groups in total. The van der Waals surface area contributed by atoms with Crippen LogP contribution in [0.1, 0.15) is 67.1 Å². The van der Waals surface area contributed by atoms with E-state index in [9.17, 15) is 28.2 Å². The maximum Gasteiger partial charge on any atom is 0.421 e. The van der Waals surface area contributed by atoms with E-state index >= 15 is 0 Å². The van der Waals surface area contributed by atoms with Gasteiger partial charge in [-0.1, -0.05) is 17.3 Å². The topological polar surface area (TPSA) is 86.8 Å². The molecule has 0 bridgehead atoms. The van der Waals surface area contributed by atoms with Gasteiger partial charge in [-0.3, -0.25) is 4.79 Å². The number of aliphatic hydroxyl groups excluding tert-OH is 1. The average Bonchev–Trinajstić information content (AvgIpc) is 3.44. The first-order valence-corrected chi connectivity index (χ1v) is 10.8. The van der Waals surface area contributed by atoms with Gasteiger partial charge in [-0.25, -0.2) is 0 Å². The van der Waals surface area contributed by atoms with Gasteiger partial charge in [-0.15, -0.1) is 0 Å². The predicted molar refractivity (Wildman–Crippen MR) is 109 cm³/mol. The van der Waals surface area contributed by atoms with Crippen LogP contribution in [0.3, 0.4) is 0 Å². The Balaban J connectivity index is 1.50. The monoisotopic (exact) mass is 452 g/mol. The minimum atomic E-state index is -4.82. The van der Waals surface area contributed by atoms with Crippen molar-refractivity contribution >= 4 is 5.91 Å². The molecule has 2 aromatic rings. The highest BCUT2D eigenvalue weighted by atomic mass is 19.4. The molecule has 0 spiro atoms. The van der Waals surface area contributed by atoms with E-state index in [0.29, 0.717) is 38.2 Å². The molecule has 2 saturated carbocycles. The number of halogens is 3. The van der Waals surface area contributed by atoms with Gasteiger partial charge in [0, 0.05) is 29.1 Å². The Morgan fingerprint density at radius 3 is 2.19 bits per heavy atom. The van der Waals surface area contributed by atoms with Crippen LogP contribution in [-0.2, 0) is 11.0 Å². The Hall–Kier alpha value is -2.39. The summed E-state index contributed by atoms with van der Waals surface area (Å²) < 4.78 is 44.3. The van der Waals surface area contributed by atoms with Crippen molar-refractivity contribution in [3.8, 4) is 0 Å². The fourth-order valence-corrected chi connectivity index (χ4v) is 4.65. The van der Waals surface area contributed by atoms with Gasteiger partial charge in [-0.2, -0.15) is 13.2 Å². The quantitative estimate of drug-likeness (QED) is 0.694. The second kappa shape index (κ2) is 8.19. The molecule has 6 nitrogen and oxygen atoms in total. The van der Waals surface area contributed by atoms with Crippen molar-refractivity contribution in [3.63, 3.8) is 0 Å². The van der Waals surface area contributed by atoms with Crippen LogP contribution in [0.25, 0.3) is 0 Å². The third kappa shape index (κ3) is 4.03. The summed E-state index contributed by atoms with van der Waals surface area (Å²) in [5.41, 5.74) is -2.75. The summed E-state index contributed by atoms with van der Waals surface area (Å²) in [6.07, 6.45) is 1.17. The van der Waals surface area contributed by atoms with Crippen LogP contribution in [0, 0.1) is 0 Å². The van der Waals surface area contributed by atoms with Crippen molar-refractivity contribution in [2.75, 3.05) is 6.61 Å². The third-order valence-corrected chi connectivity index (χ3v) is 7.01. The van der Waals surface area contributed by atoms with Gasteiger partial charge in [0.05, 0.1) is 12.3 Å². The van der Waals surface area contributed by atoms with Gasteiger partial charge in [0.2, 0.25) is 0 Å². The Labute approximate surface area is 184 Å². The molecule has 174 valence electrons. The number of aliphatic hydroxyl groups is 2. The number of carbonyl (C=O) groups is 1. The number of rotatable bonds is 6. The largest absolute Gasteiger partial charge is 0.421 e. The summed E-state index contributed by atoms with van der Waals surface area (Å²) in [4.78, 5) is 15.2. The van der Waals surface area contributed by atoms with E-state index in [1.807, 2.05) is 4.90 Å². The van der Waals surface area contributed by atoms with Crippen LogP contribution in [-0.4, -0.2) is 51.0 Å². The normalized spacial score (nSPS) is 25.9. The second-order valence-electron chi connectivity index (χ2n) is 9.15. The van der Waals surface area contributed by atoms with Gasteiger partial charge in [0.1, 0.15) is 6.26 Å². The summed E-state index contributed by atoms with van der Waals surface area (Å²) in [6.45, 7) is 0.648. The average molecular weight is 452 g/mol. The number of hydrogen-bond donors (Lipinski definition) is 2. The maximum absolute atomic E-state index is 13.3. The first-order chi connectivity index (χ1) is 15.1. The fourth-order valence-electron chi connectivity index (χ4n) is 4.65. The van der Waals surface area contributed by atoms with Crippen LogP contribution >= 0.6 is 0 Å². The standard InChI is InChI=1S/C23H27F3N2O4/c1-21(31,23(24,25)26)16-4-2-15(3-5-16)20(30)28(17-6-7-17)18-8-11-22(14-29,12-9-18)19-10-13-32-27-19/h2-5,10,13,17-18,29,31H,6-9,11-12,14H2,1H3/t18-,21-,22-/m0/s1. The number of nitrogens with zero attached hydrogens (tertiary/aromatic N) is 2. The Morgan fingerprint density at radius 2 is 1.72 bits per heavy atom. The molecule has 1 aromatic carbocycles. The van der Waals surface area contributed by atoms with Crippen molar-refractivity contribution in [2.24, 2.45) is 0 Å². The molecular weight excluding hydrogens is 425 g/mol. The summed E-state index contributed by atoms with van der Waals surface area (Å²) in [5, 5.41) is 23.9. The number of alkyl halides is 3. The third-order valence-electron chi connectivity index (χ3n) is 7.01. The molecule has 4 rings (SSSR count). The summed E-state index contributed by atoms with van der Waals surface area (Å²) in [7, 11) is 0. The number of aromatic nitrogens is 1. The summed E-state index contributed by atoms with van der Waals surface area (Å²) >= 11 is 0. The van der Waals surface area contributed by atoms with Gasteiger partial charge in [-0.05, 0) is 63.1 Å². The molecule has 1 amide bonds. The van der Waals surface area contributed by atoms with Crippen LogP contribution in [0.15, 0.2) is 41.1 Å². The zero-order valence-electron chi connectivity index (χ0n) is 17.8. The van der Waals surface area contributed by atoms with Crippen molar-refractivity contribution in [1.29, 1.82) is 0 Å². The maximum atomic E-state index is 13.3. The lowest BCUT2D eigenvalue weighted by atomic mass is 9.70. The Kier molecular flexibility index (Phi) is 5.83. The number of benzene rings is 1. The van der Waals surface area contributed by atoms with Gasteiger partial charge in [0.25, 0.3) is 5.91 Å². The van der Waals surface area contributed by atoms with E-state index in [0.717, 1.165) is 30.7 Å². The lowest BCUT2D eigenvalue weighted by Gasteiger charge is -2.42. The SMILES string of the molecule is C[C@](O)(c1ccc(C(=O)N(C2CC2)[C@H]2CC[C@](CO)(c3ccon3)CC2)cc1)C(F)(F)F. The Morgan fingerprint density at radius 1 is 1.12 bits per heavy atom. The van der Waals surface area contributed by atoms with Crippen molar-refractivity contribution in [2.45, 2.75) is 74.7 Å². The summed E-state index contributed by atoms with van der Waals surface area (Å²) in [5.74, 6) is -0.214. The molecule has 0 saturated heterocycles. The first-order valence-electron chi connectivity index (χ1n) is 10.8. The molecule has 0 aliphatic heterocycles. The molecule has 0 radical (unpaired) electrons. The van der Waals surface area contributed by atoms with E-state index in [-0.39, 0.29) is 30.2 Å². The molecule has 2 aliphatic carbocycles. The second-order valence-corrected chi connectivity index (χ2v) is 9.15.